The van der Waals surface area contributed by atoms with E-state index in [9.17, 15) is 19.8 Å². The number of carbonyl (C=O) groups is 2. The quantitative estimate of drug-likeness (QED) is 0.773. The first-order valence-corrected chi connectivity index (χ1v) is 7.01. The van der Waals surface area contributed by atoms with Crippen LogP contribution >= 0.6 is 0 Å². The van der Waals surface area contributed by atoms with Gasteiger partial charge in [-0.1, -0.05) is 46.8 Å². The Balaban J connectivity index is 3.64. The highest BCUT2D eigenvalue weighted by atomic mass is 16.4. The fraction of sp³-hybridized carbons (Fsp3) is 0.625. The van der Waals surface area contributed by atoms with Crippen LogP contribution in [-0.2, 0) is 9.59 Å². The summed E-state index contributed by atoms with van der Waals surface area (Å²) in [4.78, 5) is 22.9. The van der Waals surface area contributed by atoms with Crippen molar-refractivity contribution in [2.75, 3.05) is 0 Å². The predicted molar refractivity (Wildman–Crippen MR) is 77.4 cm³/mol. The van der Waals surface area contributed by atoms with Gasteiger partial charge in [0.2, 0.25) is 0 Å². The summed E-state index contributed by atoms with van der Waals surface area (Å²) in [7, 11) is 0. The number of rotatable bonds is 4. The zero-order valence-electron chi connectivity index (χ0n) is 12.9. The van der Waals surface area contributed by atoms with E-state index >= 15 is 0 Å². The molecule has 0 saturated carbocycles. The molecule has 0 aliphatic heterocycles. The first-order valence-electron chi connectivity index (χ1n) is 7.01. The number of carboxylic acid groups (broad SMARTS) is 2. The molecule has 20 heavy (non-hydrogen) atoms. The Morgan fingerprint density at radius 2 is 1.80 bits per heavy atom. The van der Waals surface area contributed by atoms with Crippen molar-refractivity contribution in [1.82, 2.24) is 0 Å². The summed E-state index contributed by atoms with van der Waals surface area (Å²) < 4.78 is 0. The van der Waals surface area contributed by atoms with Gasteiger partial charge in [0.05, 0.1) is 5.57 Å². The standard InChI is InChI=1S/C16H24O4/c1-6-11-12(14(19)20)10(13(17)18)8-9-16(11,7-2)15(3,4)5/h8-10H,6-7H2,1-5H3,(H,17,18)(H,19,20). The average molecular weight is 280 g/mol. The second-order valence-electron chi connectivity index (χ2n) is 6.30. The fourth-order valence-electron chi connectivity index (χ4n) is 3.42. The third-order valence-electron chi connectivity index (χ3n) is 4.49. The SMILES string of the molecule is CCC1=C(C(=O)O)C(C(=O)O)C=CC1(CC)C(C)(C)C. The van der Waals surface area contributed by atoms with Crippen LogP contribution < -0.4 is 0 Å². The lowest BCUT2D eigenvalue weighted by Crippen LogP contribution is -2.40. The average Bonchev–Trinajstić information content (AvgIpc) is 2.34. The van der Waals surface area contributed by atoms with Gasteiger partial charge in [-0.3, -0.25) is 4.79 Å². The lowest BCUT2D eigenvalue weighted by Gasteiger charge is -2.47. The molecular formula is C16H24O4. The molecule has 0 heterocycles. The van der Waals surface area contributed by atoms with E-state index in [4.69, 9.17) is 0 Å². The lowest BCUT2D eigenvalue weighted by molar-refractivity contribution is -0.142. The molecule has 0 aromatic heterocycles. The molecule has 4 heteroatoms. The van der Waals surface area contributed by atoms with E-state index in [1.165, 1.54) is 0 Å². The second kappa shape index (κ2) is 5.43. The molecule has 0 radical (unpaired) electrons. The van der Waals surface area contributed by atoms with Crippen LogP contribution in [0, 0.1) is 16.7 Å². The van der Waals surface area contributed by atoms with E-state index in [1.807, 2.05) is 19.9 Å². The van der Waals surface area contributed by atoms with Gasteiger partial charge in [-0.15, -0.1) is 0 Å². The number of allylic oxidation sites excluding steroid dienone is 2. The normalized spacial score (nSPS) is 26.8. The van der Waals surface area contributed by atoms with E-state index < -0.39 is 23.3 Å². The monoisotopic (exact) mass is 280 g/mol. The molecular weight excluding hydrogens is 256 g/mol. The first kappa shape index (κ1) is 16.5. The van der Waals surface area contributed by atoms with Gasteiger partial charge in [-0.05, 0) is 23.8 Å². The molecule has 0 saturated heterocycles. The Morgan fingerprint density at radius 3 is 2.10 bits per heavy atom. The van der Waals surface area contributed by atoms with Crippen molar-refractivity contribution in [1.29, 1.82) is 0 Å². The van der Waals surface area contributed by atoms with Gasteiger partial charge in [0.15, 0.2) is 0 Å². The smallest absolute Gasteiger partial charge is 0.332 e. The molecule has 0 spiro atoms. The van der Waals surface area contributed by atoms with Crippen molar-refractivity contribution in [3.05, 3.63) is 23.3 Å². The third-order valence-corrected chi connectivity index (χ3v) is 4.49. The molecule has 0 aromatic carbocycles. The van der Waals surface area contributed by atoms with E-state index in [-0.39, 0.29) is 11.0 Å². The molecule has 1 aliphatic rings. The summed E-state index contributed by atoms with van der Waals surface area (Å²) in [5.74, 6) is -3.28. The highest BCUT2D eigenvalue weighted by Crippen LogP contribution is 2.53. The van der Waals surface area contributed by atoms with Gasteiger partial charge in [0, 0.05) is 5.41 Å². The van der Waals surface area contributed by atoms with Crippen LogP contribution in [0.1, 0.15) is 47.5 Å². The van der Waals surface area contributed by atoms with Crippen molar-refractivity contribution in [2.45, 2.75) is 47.5 Å². The maximum Gasteiger partial charge on any atom is 0.332 e. The fourth-order valence-corrected chi connectivity index (χ4v) is 3.42. The van der Waals surface area contributed by atoms with Gasteiger partial charge in [-0.25, -0.2) is 4.79 Å². The summed E-state index contributed by atoms with van der Waals surface area (Å²) in [6, 6.07) is 0. The van der Waals surface area contributed by atoms with Gasteiger partial charge >= 0.3 is 11.9 Å². The highest BCUT2D eigenvalue weighted by Gasteiger charge is 2.47. The summed E-state index contributed by atoms with van der Waals surface area (Å²) >= 11 is 0. The Kier molecular flexibility index (Phi) is 4.47. The highest BCUT2D eigenvalue weighted by molar-refractivity contribution is 5.96. The Hall–Kier alpha value is -1.58. The molecule has 4 nitrogen and oxygen atoms in total. The number of aliphatic carboxylic acids is 2. The van der Waals surface area contributed by atoms with Gasteiger partial charge in [0.25, 0.3) is 0 Å². The molecule has 0 fully saturated rings. The maximum atomic E-state index is 11.6. The van der Waals surface area contributed by atoms with Crippen LogP contribution in [-0.4, -0.2) is 22.2 Å². The summed E-state index contributed by atoms with van der Waals surface area (Å²) in [6.07, 6.45) is 4.75. The topological polar surface area (TPSA) is 74.6 Å². The van der Waals surface area contributed by atoms with Crippen molar-refractivity contribution in [3.8, 4) is 0 Å². The maximum absolute atomic E-state index is 11.6. The zero-order valence-corrected chi connectivity index (χ0v) is 12.9. The Bertz CT molecular complexity index is 479. The molecule has 2 atom stereocenters. The molecule has 2 unspecified atom stereocenters. The van der Waals surface area contributed by atoms with Gasteiger partial charge in [0.1, 0.15) is 5.92 Å². The largest absolute Gasteiger partial charge is 0.481 e. The van der Waals surface area contributed by atoms with Gasteiger partial charge < -0.3 is 10.2 Å². The second-order valence-corrected chi connectivity index (χ2v) is 6.30. The molecule has 0 bridgehead atoms. The van der Waals surface area contributed by atoms with Crippen molar-refractivity contribution in [2.24, 2.45) is 16.7 Å². The molecule has 0 aromatic rings. The van der Waals surface area contributed by atoms with Crippen molar-refractivity contribution >= 4 is 11.9 Å². The van der Waals surface area contributed by atoms with Crippen LogP contribution in [0.3, 0.4) is 0 Å². The van der Waals surface area contributed by atoms with Crippen LogP contribution in [0.2, 0.25) is 0 Å². The molecule has 1 rings (SSSR count). The Labute approximate surface area is 120 Å². The van der Waals surface area contributed by atoms with E-state index in [0.717, 1.165) is 12.0 Å². The molecule has 1 aliphatic carbocycles. The molecule has 112 valence electrons. The minimum absolute atomic E-state index is 0.0410. The summed E-state index contributed by atoms with van der Waals surface area (Å²) in [5, 5.41) is 18.8. The van der Waals surface area contributed by atoms with E-state index in [2.05, 4.69) is 20.8 Å². The van der Waals surface area contributed by atoms with Crippen LogP contribution in [0.15, 0.2) is 23.3 Å². The Morgan fingerprint density at radius 1 is 1.25 bits per heavy atom. The van der Waals surface area contributed by atoms with Gasteiger partial charge in [-0.2, -0.15) is 0 Å². The van der Waals surface area contributed by atoms with E-state index in [1.54, 1.807) is 6.08 Å². The first-order chi connectivity index (χ1) is 9.12. The minimum Gasteiger partial charge on any atom is -0.481 e. The molecule has 2 N–H and O–H groups in total. The third kappa shape index (κ3) is 2.39. The number of hydrogen-bond donors (Lipinski definition) is 2. The summed E-state index contributed by atoms with van der Waals surface area (Å²) in [6.45, 7) is 10.1. The van der Waals surface area contributed by atoms with Crippen LogP contribution in [0.25, 0.3) is 0 Å². The van der Waals surface area contributed by atoms with Crippen LogP contribution in [0.5, 0.6) is 0 Å². The van der Waals surface area contributed by atoms with Crippen LogP contribution in [0.4, 0.5) is 0 Å². The predicted octanol–water partition coefficient (Wildman–Crippen LogP) is 3.49. The van der Waals surface area contributed by atoms with Crippen molar-refractivity contribution < 1.29 is 19.8 Å². The summed E-state index contributed by atoms with van der Waals surface area (Å²) in [5.41, 5.74) is 0.212. The number of hydrogen-bond acceptors (Lipinski definition) is 2. The molecule has 0 amide bonds. The number of carboxylic acids is 2. The van der Waals surface area contributed by atoms with E-state index in [0.29, 0.717) is 6.42 Å². The lowest BCUT2D eigenvalue weighted by atomic mass is 9.56. The minimum atomic E-state index is -1.12. The van der Waals surface area contributed by atoms with Crippen molar-refractivity contribution in [3.63, 3.8) is 0 Å². The zero-order chi connectivity index (χ0) is 15.7.